The van der Waals surface area contributed by atoms with Crippen LogP contribution < -0.4 is 30.7 Å². The molecule has 3 rings (SSSR count). The summed E-state index contributed by atoms with van der Waals surface area (Å²) in [5.74, 6) is 1.76. The van der Waals surface area contributed by atoms with E-state index in [0.717, 1.165) is 24.9 Å². The van der Waals surface area contributed by atoms with E-state index in [1.807, 2.05) is 39.0 Å². The lowest BCUT2D eigenvalue weighted by molar-refractivity contribution is -0.122. The Balaban J connectivity index is 0.00000385. The minimum Gasteiger partial charge on any atom is -0.490 e. The quantitative estimate of drug-likeness (QED) is 0.165. The minimum atomic E-state index is -0.323. The van der Waals surface area contributed by atoms with Gasteiger partial charge in [0.25, 0.3) is 0 Å². The summed E-state index contributed by atoms with van der Waals surface area (Å²) in [6.07, 6.45) is 4.11. The fraction of sp³-hybridized carbons (Fsp3) is 0.609. The number of nitrogens with one attached hydrogen (secondary N) is 4. The van der Waals surface area contributed by atoms with Crippen LogP contribution in [-0.2, 0) is 9.59 Å². The smallest absolute Gasteiger partial charge is 0.242 e. The number of aliphatic imine (C=N–C) groups is 1. The Morgan fingerprint density at radius 1 is 1.09 bits per heavy atom. The first-order chi connectivity index (χ1) is 15.3. The zero-order valence-electron chi connectivity index (χ0n) is 19.7. The van der Waals surface area contributed by atoms with Gasteiger partial charge in [0, 0.05) is 42.7 Å². The second-order valence-corrected chi connectivity index (χ2v) is 9.17. The summed E-state index contributed by atoms with van der Waals surface area (Å²) >= 11 is 0. The van der Waals surface area contributed by atoms with Gasteiger partial charge in [-0.2, -0.15) is 0 Å². The molecule has 1 aliphatic heterocycles. The topological polar surface area (TPSA) is 113 Å². The van der Waals surface area contributed by atoms with Gasteiger partial charge >= 0.3 is 0 Å². The molecule has 0 radical (unpaired) electrons. The van der Waals surface area contributed by atoms with Gasteiger partial charge in [0.15, 0.2) is 17.5 Å². The van der Waals surface area contributed by atoms with E-state index < -0.39 is 0 Å². The van der Waals surface area contributed by atoms with Gasteiger partial charge < -0.3 is 30.7 Å². The lowest BCUT2D eigenvalue weighted by Gasteiger charge is -2.20. The number of benzene rings is 1. The first-order valence-corrected chi connectivity index (χ1v) is 11.3. The number of hydrogen-bond acceptors (Lipinski definition) is 5. The molecular weight excluding hydrogens is 537 g/mol. The number of fused-ring (bicyclic) bond motifs is 1. The largest absolute Gasteiger partial charge is 0.490 e. The molecule has 1 saturated carbocycles. The van der Waals surface area contributed by atoms with Gasteiger partial charge in [-0.05, 0) is 52.2 Å². The van der Waals surface area contributed by atoms with Gasteiger partial charge in [0.05, 0.1) is 13.2 Å². The normalized spacial score (nSPS) is 15.5. The van der Waals surface area contributed by atoms with Crippen molar-refractivity contribution in [3.63, 3.8) is 0 Å². The fourth-order valence-electron chi connectivity index (χ4n) is 3.11. The number of halogens is 1. The molecule has 1 aliphatic carbocycles. The molecule has 1 aromatic rings. The van der Waals surface area contributed by atoms with Crippen molar-refractivity contribution in [3.8, 4) is 11.5 Å². The summed E-state index contributed by atoms with van der Waals surface area (Å²) in [7, 11) is 0. The average molecular weight is 573 g/mol. The number of ether oxygens (including phenoxy) is 2. The van der Waals surface area contributed by atoms with E-state index in [4.69, 9.17) is 9.47 Å². The van der Waals surface area contributed by atoms with Gasteiger partial charge in [0.1, 0.15) is 6.54 Å². The van der Waals surface area contributed by atoms with E-state index in [9.17, 15) is 9.59 Å². The summed E-state index contributed by atoms with van der Waals surface area (Å²) in [5.41, 5.74) is 0.444. The van der Waals surface area contributed by atoms with Crippen molar-refractivity contribution in [2.45, 2.75) is 64.5 Å². The molecule has 1 fully saturated rings. The molecule has 33 heavy (non-hydrogen) atoms. The van der Waals surface area contributed by atoms with E-state index in [-0.39, 0.29) is 47.9 Å². The molecular formula is C23H36IN5O4. The van der Waals surface area contributed by atoms with Crippen LogP contribution in [0.2, 0.25) is 0 Å². The lowest BCUT2D eigenvalue weighted by Crippen LogP contribution is -2.42. The lowest BCUT2D eigenvalue weighted by atomic mass is 10.1. The fourth-order valence-corrected chi connectivity index (χ4v) is 3.11. The number of guanidine groups is 1. The highest BCUT2D eigenvalue weighted by atomic mass is 127. The van der Waals surface area contributed by atoms with Crippen molar-refractivity contribution in [1.29, 1.82) is 0 Å². The Labute approximate surface area is 212 Å². The van der Waals surface area contributed by atoms with Crippen molar-refractivity contribution < 1.29 is 19.1 Å². The molecule has 10 heteroatoms. The summed E-state index contributed by atoms with van der Waals surface area (Å²) in [4.78, 5) is 28.5. The molecule has 1 aromatic carbocycles. The number of hydrogen-bond donors (Lipinski definition) is 4. The molecule has 0 atom stereocenters. The summed E-state index contributed by atoms with van der Waals surface area (Å²) < 4.78 is 11.4. The maximum absolute atomic E-state index is 12.2. The Morgan fingerprint density at radius 2 is 1.82 bits per heavy atom. The van der Waals surface area contributed by atoms with Crippen LogP contribution in [0.5, 0.6) is 11.5 Å². The predicted molar refractivity (Wildman–Crippen MR) is 140 cm³/mol. The van der Waals surface area contributed by atoms with Crippen LogP contribution in [0.1, 0.15) is 52.9 Å². The van der Waals surface area contributed by atoms with Gasteiger partial charge in [0.2, 0.25) is 11.8 Å². The number of rotatable bonds is 8. The number of anilines is 1. The van der Waals surface area contributed by atoms with Gasteiger partial charge in [-0.1, -0.05) is 0 Å². The minimum absolute atomic E-state index is 0. The molecule has 184 valence electrons. The summed E-state index contributed by atoms with van der Waals surface area (Å²) in [6.45, 7) is 7.55. The second-order valence-electron chi connectivity index (χ2n) is 9.17. The van der Waals surface area contributed by atoms with Crippen molar-refractivity contribution >= 4 is 47.4 Å². The zero-order valence-corrected chi connectivity index (χ0v) is 22.0. The molecule has 0 unspecified atom stereocenters. The van der Waals surface area contributed by atoms with Crippen LogP contribution in [0, 0.1) is 0 Å². The van der Waals surface area contributed by atoms with Crippen LogP contribution in [0.15, 0.2) is 23.2 Å². The Morgan fingerprint density at radius 3 is 2.52 bits per heavy atom. The van der Waals surface area contributed by atoms with Crippen molar-refractivity contribution in [2.75, 3.05) is 31.6 Å². The maximum atomic E-state index is 12.2. The van der Waals surface area contributed by atoms with E-state index in [1.165, 1.54) is 0 Å². The van der Waals surface area contributed by atoms with Crippen molar-refractivity contribution in [3.05, 3.63) is 18.2 Å². The molecule has 0 aromatic heterocycles. The van der Waals surface area contributed by atoms with Gasteiger partial charge in [-0.25, -0.2) is 4.99 Å². The SMILES string of the molecule is CC(C)(C)NC(=O)CN=C(NCCCC(=O)NC1CC1)Nc1ccc2c(c1)OCCCO2.I. The molecule has 0 saturated heterocycles. The molecule has 0 bridgehead atoms. The van der Waals surface area contributed by atoms with Crippen LogP contribution in [-0.4, -0.2) is 55.7 Å². The van der Waals surface area contributed by atoms with Crippen molar-refractivity contribution in [1.82, 2.24) is 16.0 Å². The van der Waals surface area contributed by atoms with E-state index in [0.29, 0.717) is 56.1 Å². The Bertz CT molecular complexity index is 837. The number of carbonyl (C=O) groups excluding carboxylic acids is 2. The monoisotopic (exact) mass is 573 g/mol. The van der Waals surface area contributed by atoms with E-state index in [2.05, 4.69) is 26.3 Å². The first-order valence-electron chi connectivity index (χ1n) is 11.3. The van der Waals surface area contributed by atoms with Crippen molar-refractivity contribution in [2.24, 2.45) is 4.99 Å². The van der Waals surface area contributed by atoms with Crippen LogP contribution >= 0.6 is 24.0 Å². The second kappa shape index (κ2) is 12.9. The third kappa shape index (κ3) is 10.5. The molecule has 0 spiro atoms. The molecule has 2 aliphatic rings. The van der Waals surface area contributed by atoms with Gasteiger partial charge in [-0.3, -0.25) is 9.59 Å². The molecule has 9 nitrogen and oxygen atoms in total. The Hall–Kier alpha value is -2.24. The highest BCUT2D eigenvalue weighted by Crippen LogP contribution is 2.32. The van der Waals surface area contributed by atoms with Crippen LogP contribution in [0.4, 0.5) is 5.69 Å². The zero-order chi connectivity index (χ0) is 23.0. The Kier molecular flexibility index (Phi) is 10.5. The number of carbonyl (C=O) groups is 2. The summed E-state index contributed by atoms with van der Waals surface area (Å²) in [6, 6.07) is 5.96. The van der Waals surface area contributed by atoms with Crippen LogP contribution in [0.3, 0.4) is 0 Å². The van der Waals surface area contributed by atoms with E-state index in [1.54, 1.807) is 0 Å². The molecule has 2 amide bonds. The number of amides is 2. The third-order valence-electron chi connectivity index (χ3n) is 4.72. The number of nitrogens with zero attached hydrogens (tertiary/aromatic N) is 1. The highest BCUT2D eigenvalue weighted by molar-refractivity contribution is 14.0. The molecule has 4 N–H and O–H groups in total. The highest BCUT2D eigenvalue weighted by Gasteiger charge is 2.22. The standard InChI is InChI=1S/C23H35N5O4.HI/c1-23(2,3)28-21(30)15-25-22(24-11-4-6-20(29)26-16-7-8-16)27-17-9-10-18-19(14-17)32-13-5-12-31-18;/h9-10,14,16H,4-8,11-13,15H2,1-3H3,(H,26,29)(H,28,30)(H2,24,25,27);1H. The van der Waals surface area contributed by atoms with Crippen LogP contribution in [0.25, 0.3) is 0 Å². The predicted octanol–water partition coefficient (Wildman–Crippen LogP) is 2.80. The first kappa shape index (κ1) is 27.0. The third-order valence-corrected chi connectivity index (χ3v) is 4.72. The summed E-state index contributed by atoms with van der Waals surface area (Å²) in [5, 5.41) is 12.3. The van der Waals surface area contributed by atoms with E-state index >= 15 is 0 Å². The maximum Gasteiger partial charge on any atom is 0.242 e. The molecule has 1 heterocycles. The van der Waals surface area contributed by atoms with Gasteiger partial charge in [-0.15, -0.1) is 24.0 Å². The average Bonchev–Trinajstić information content (AvgIpc) is 3.54.